The van der Waals surface area contributed by atoms with Crippen molar-refractivity contribution in [2.75, 3.05) is 0 Å². The van der Waals surface area contributed by atoms with Crippen molar-refractivity contribution in [3.63, 3.8) is 0 Å². The van der Waals surface area contributed by atoms with Gasteiger partial charge in [0.1, 0.15) is 17.0 Å². The minimum atomic E-state index is 0.461. The molecule has 19 heavy (non-hydrogen) atoms. The molecule has 0 spiro atoms. The quantitative estimate of drug-likeness (QED) is 0.533. The van der Waals surface area contributed by atoms with Crippen LogP contribution in [0.3, 0.4) is 0 Å². The maximum atomic E-state index is 6.16. The first-order valence-corrected chi connectivity index (χ1v) is 6.03. The van der Waals surface area contributed by atoms with Crippen molar-refractivity contribution in [1.29, 1.82) is 0 Å². The number of nitrogens with zero attached hydrogens (tertiary/aromatic N) is 4. The highest BCUT2D eigenvalue weighted by atomic mass is 35.5. The molecule has 4 rings (SSSR count). The number of hydrogen-bond donors (Lipinski definition) is 0. The van der Waals surface area contributed by atoms with E-state index in [1.165, 1.54) is 0 Å². The fourth-order valence-electron chi connectivity index (χ4n) is 2.14. The van der Waals surface area contributed by atoms with Crippen molar-refractivity contribution in [2.24, 2.45) is 0 Å². The summed E-state index contributed by atoms with van der Waals surface area (Å²) in [6.45, 7) is 0. The van der Waals surface area contributed by atoms with Gasteiger partial charge in [-0.05, 0) is 6.07 Å². The van der Waals surface area contributed by atoms with Crippen LogP contribution < -0.4 is 0 Å². The smallest absolute Gasteiger partial charge is 0.180 e. The summed E-state index contributed by atoms with van der Waals surface area (Å²) in [6.07, 6.45) is 4.84. The van der Waals surface area contributed by atoms with Gasteiger partial charge >= 0.3 is 0 Å². The van der Waals surface area contributed by atoms with E-state index < -0.39 is 0 Å². The summed E-state index contributed by atoms with van der Waals surface area (Å²) in [4.78, 5) is 3.99. The Kier molecular flexibility index (Phi) is 2.10. The highest BCUT2D eigenvalue weighted by molar-refractivity contribution is 6.29. The van der Waals surface area contributed by atoms with Gasteiger partial charge in [-0.2, -0.15) is 0 Å². The van der Waals surface area contributed by atoms with Crippen molar-refractivity contribution in [3.8, 4) is 11.4 Å². The van der Waals surface area contributed by atoms with E-state index >= 15 is 0 Å². The van der Waals surface area contributed by atoms with Crippen molar-refractivity contribution in [3.05, 3.63) is 48.1 Å². The Morgan fingerprint density at radius 1 is 1.11 bits per heavy atom. The second-order valence-corrected chi connectivity index (χ2v) is 4.48. The van der Waals surface area contributed by atoms with E-state index in [9.17, 15) is 0 Å². The van der Waals surface area contributed by atoms with Gasteiger partial charge in [0.25, 0.3) is 0 Å². The summed E-state index contributed by atoms with van der Waals surface area (Å²) >= 11 is 6.16. The third-order valence-electron chi connectivity index (χ3n) is 2.99. The Balaban J connectivity index is 2.10. The van der Waals surface area contributed by atoms with Gasteiger partial charge < -0.3 is 4.42 Å². The second kappa shape index (κ2) is 3.80. The molecular formula is C13H7ClN4O. The van der Waals surface area contributed by atoms with Crippen molar-refractivity contribution >= 4 is 28.2 Å². The van der Waals surface area contributed by atoms with Crippen LogP contribution in [0.25, 0.3) is 28.0 Å². The van der Waals surface area contributed by atoms with Gasteiger partial charge in [0, 0.05) is 5.39 Å². The summed E-state index contributed by atoms with van der Waals surface area (Å²) < 4.78 is 7.26. The first-order valence-electron chi connectivity index (χ1n) is 5.66. The van der Waals surface area contributed by atoms with Crippen LogP contribution in [0.15, 0.2) is 47.3 Å². The van der Waals surface area contributed by atoms with E-state index in [1.807, 2.05) is 24.3 Å². The third kappa shape index (κ3) is 1.45. The molecule has 0 amide bonds. The number of para-hydroxylation sites is 1. The van der Waals surface area contributed by atoms with Gasteiger partial charge in [-0.25, -0.2) is 0 Å². The van der Waals surface area contributed by atoms with Crippen LogP contribution in [0.5, 0.6) is 0 Å². The SMILES string of the molecule is Clc1cncc2nnc(-c3coc4ccccc34)n12. The predicted molar refractivity (Wildman–Crippen MR) is 71.0 cm³/mol. The van der Waals surface area contributed by atoms with E-state index in [2.05, 4.69) is 15.2 Å². The maximum absolute atomic E-state index is 6.16. The molecule has 0 bridgehead atoms. The Morgan fingerprint density at radius 2 is 2.00 bits per heavy atom. The van der Waals surface area contributed by atoms with E-state index in [4.69, 9.17) is 16.0 Å². The number of rotatable bonds is 1. The van der Waals surface area contributed by atoms with Gasteiger partial charge in [-0.1, -0.05) is 29.8 Å². The first-order chi connectivity index (χ1) is 9.34. The molecule has 6 heteroatoms. The molecule has 0 unspecified atom stereocenters. The lowest BCUT2D eigenvalue weighted by Crippen LogP contribution is -1.91. The van der Waals surface area contributed by atoms with Crippen LogP contribution in [0, 0.1) is 0 Å². The largest absolute Gasteiger partial charge is 0.464 e. The standard InChI is InChI=1S/C13H7ClN4O/c14-11-5-15-6-12-16-17-13(18(11)12)9-7-19-10-4-2-1-3-8(9)10/h1-7H. The average molecular weight is 271 g/mol. The molecule has 0 aliphatic carbocycles. The molecule has 0 N–H and O–H groups in total. The van der Waals surface area contributed by atoms with Crippen LogP contribution in [-0.4, -0.2) is 19.6 Å². The Bertz CT molecular complexity index is 896. The van der Waals surface area contributed by atoms with Crippen molar-refractivity contribution in [1.82, 2.24) is 19.6 Å². The fraction of sp³-hybridized carbons (Fsp3) is 0. The molecule has 0 saturated carbocycles. The predicted octanol–water partition coefficient (Wildman–Crippen LogP) is 3.19. The fourth-order valence-corrected chi connectivity index (χ4v) is 2.36. The molecule has 0 aliphatic heterocycles. The first kappa shape index (κ1) is 10.5. The van der Waals surface area contributed by atoms with Crippen LogP contribution in [0.1, 0.15) is 0 Å². The van der Waals surface area contributed by atoms with E-state index in [0.29, 0.717) is 16.6 Å². The van der Waals surface area contributed by atoms with Gasteiger partial charge in [-0.15, -0.1) is 10.2 Å². The second-order valence-electron chi connectivity index (χ2n) is 4.09. The Hall–Kier alpha value is -2.40. The third-order valence-corrected chi connectivity index (χ3v) is 3.26. The summed E-state index contributed by atoms with van der Waals surface area (Å²) in [6, 6.07) is 7.76. The van der Waals surface area contributed by atoms with E-state index in [0.717, 1.165) is 16.5 Å². The van der Waals surface area contributed by atoms with Crippen LogP contribution in [-0.2, 0) is 0 Å². The lowest BCUT2D eigenvalue weighted by atomic mass is 10.2. The highest BCUT2D eigenvalue weighted by Crippen LogP contribution is 2.30. The number of benzene rings is 1. The van der Waals surface area contributed by atoms with Crippen molar-refractivity contribution < 1.29 is 4.42 Å². The molecule has 3 heterocycles. The summed E-state index contributed by atoms with van der Waals surface area (Å²) in [5, 5.41) is 9.68. The molecule has 0 fully saturated rings. The lowest BCUT2D eigenvalue weighted by molar-refractivity contribution is 0.616. The minimum absolute atomic E-state index is 0.461. The summed E-state index contributed by atoms with van der Waals surface area (Å²) in [5.41, 5.74) is 2.27. The summed E-state index contributed by atoms with van der Waals surface area (Å²) in [7, 11) is 0. The minimum Gasteiger partial charge on any atom is -0.464 e. The molecule has 5 nitrogen and oxygen atoms in total. The average Bonchev–Trinajstić information content (AvgIpc) is 3.02. The number of aromatic nitrogens is 4. The normalized spacial score (nSPS) is 11.4. The zero-order valence-electron chi connectivity index (χ0n) is 9.62. The van der Waals surface area contributed by atoms with Crippen LogP contribution >= 0.6 is 11.6 Å². The molecule has 92 valence electrons. The molecular weight excluding hydrogens is 264 g/mol. The molecule has 0 atom stereocenters. The molecule has 1 aromatic carbocycles. The molecule has 0 saturated heterocycles. The molecule has 0 radical (unpaired) electrons. The van der Waals surface area contributed by atoms with Crippen LogP contribution in [0.4, 0.5) is 0 Å². The van der Waals surface area contributed by atoms with Gasteiger partial charge in [0.05, 0.1) is 18.0 Å². The van der Waals surface area contributed by atoms with Crippen molar-refractivity contribution in [2.45, 2.75) is 0 Å². The summed E-state index contributed by atoms with van der Waals surface area (Å²) in [5.74, 6) is 0.646. The zero-order valence-corrected chi connectivity index (χ0v) is 10.4. The molecule has 0 aliphatic rings. The topological polar surface area (TPSA) is 56.2 Å². The number of furan rings is 1. The number of fused-ring (bicyclic) bond motifs is 2. The van der Waals surface area contributed by atoms with Gasteiger partial charge in [-0.3, -0.25) is 9.38 Å². The van der Waals surface area contributed by atoms with Gasteiger partial charge in [0.2, 0.25) is 0 Å². The van der Waals surface area contributed by atoms with E-state index in [-0.39, 0.29) is 0 Å². The monoisotopic (exact) mass is 270 g/mol. The molecule has 3 aromatic heterocycles. The van der Waals surface area contributed by atoms with Gasteiger partial charge in [0.15, 0.2) is 11.5 Å². The number of halogens is 1. The van der Waals surface area contributed by atoms with Crippen LogP contribution in [0.2, 0.25) is 5.15 Å². The Morgan fingerprint density at radius 3 is 2.95 bits per heavy atom. The highest BCUT2D eigenvalue weighted by Gasteiger charge is 2.15. The Labute approximate surface area is 112 Å². The maximum Gasteiger partial charge on any atom is 0.180 e. The van der Waals surface area contributed by atoms with E-state index in [1.54, 1.807) is 23.1 Å². The zero-order chi connectivity index (χ0) is 12.8. The molecule has 4 aromatic rings. The number of hydrogen-bond acceptors (Lipinski definition) is 4. The lowest BCUT2D eigenvalue weighted by Gasteiger charge is -1.99.